The number of hydrogen-bond donors (Lipinski definition) is 2. The lowest BCUT2D eigenvalue weighted by molar-refractivity contribution is -0.128. The molecule has 7 nitrogen and oxygen atoms in total. The number of carbonyl (C=O) groups is 2. The Hall–Kier alpha value is -2.28. The molecule has 0 radical (unpaired) electrons. The fourth-order valence-electron chi connectivity index (χ4n) is 3.09. The van der Waals surface area contributed by atoms with E-state index in [1.54, 1.807) is 39.5 Å². The SMILES string of the molecule is CNC(=O)[C@H]1CCCCN1CCC(=O)Nc1cc(OC)ccc1OC. The molecule has 1 fully saturated rings. The van der Waals surface area contributed by atoms with Crippen LogP contribution in [0.3, 0.4) is 0 Å². The first-order valence-corrected chi connectivity index (χ1v) is 8.56. The van der Waals surface area contributed by atoms with E-state index in [0.29, 0.717) is 30.2 Å². The summed E-state index contributed by atoms with van der Waals surface area (Å²) in [5.41, 5.74) is 0.577. The van der Waals surface area contributed by atoms with Gasteiger partial charge in [-0.25, -0.2) is 0 Å². The zero-order valence-corrected chi connectivity index (χ0v) is 15.1. The second-order valence-corrected chi connectivity index (χ2v) is 6.03. The average Bonchev–Trinajstić information content (AvgIpc) is 2.65. The number of likely N-dealkylation sites (tertiary alicyclic amines) is 1. The number of amides is 2. The Morgan fingerprint density at radius 3 is 2.72 bits per heavy atom. The molecule has 2 rings (SSSR count). The second-order valence-electron chi connectivity index (χ2n) is 6.03. The Bertz CT molecular complexity index is 606. The first kappa shape index (κ1) is 19.1. The highest BCUT2D eigenvalue weighted by molar-refractivity contribution is 5.92. The third kappa shape index (κ3) is 5.09. The minimum Gasteiger partial charge on any atom is -0.497 e. The van der Waals surface area contributed by atoms with Gasteiger partial charge >= 0.3 is 0 Å². The topological polar surface area (TPSA) is 79.9 Å². The Morgan fingerprint density at radius 1 is 1.24 bits per heavy atom. The summed E-state index contributed by atoms with van der Waals surface area (Å²) in [6.07, 6.45) is 3.25. The number of hydrogen-bond acceptors (Lipinski definition) is 5. The van der Waals surface area contributed by atoms with Crippen molar-refractivity contribution in [2.24, 2.45) is 0 Å². The van der Waals surface area contributed by atoms with Crippen molar-refractivity contribution in [1.82, 2.24) is 10.2 Å². The van der Waals surface area contributed by atoms with E-state index in [1.807, 2.05) is 0 Å². The van der Waals surface area contributed by atoms with E-state index in [1.165, 1.54) is 0 Å². The molecule has 0 unspecified atom stereocenters. The summed E-state index contributed by atoms with van der Waals surface area (Å²) in [5, 5.41) is 5.57. The van der Waals surface area contributed by atoms with E-state index in [-0.39, 0.29) is 17.9 Å². The van der Waals surface area contributed by atoms with Crippen LogP contribution >= 0.6 is 0 Å². The van der Waals surface area contributed by atoms with Gasteiger partial charge in [0.2, 0.25) is 11.8 Å². The van der Waals surface area contributed by atoms with Crippen molar-refractivity contribution in [3.63, 3.8) is 0 Å². The molecule has 0 aromatic heterocycles. The Labute approximate surface area is 148 Å². The molecular formula is C18H27N3O4. The van der Waals surface area contributed by atoms with Crippen molar-refractivity contribution in [3.8, 4) is 11.5 Å². The number of carbonyl (C=O) groups excluding carboxylic acids is 2. The van der Waals surface area contributed by atoms with Crippen LogP contribution in [0.25, 0.3) is 0 Å². The highest BCUT2D eigenvalue weighted by Crippen LogP contribution is 2.29. The molecule has 1 atom stereocenters. The summed E-state index contributed by atoms with van der Waals surface area (Å²) in [6.45, 7) is 1.39. The molecule has 0 saturated carbocycles. The molecule has 1 aliphatic heterocycles. The van der Waals surface area contributed by atoms with Crippen LogP contribution in [0.5, 0.6) is 11.5 Å². The van der Waals surface area contributed by atoms with Gasteiger partial charge in [0.15, 0.2) is 0 Å². The molecular weight excluding hydrogens is 322 g/mol. The lowest BCUT2D eigenvalue weighted by Crippen LogP contribution is -2.49. The standard InChI is InChI=1S/C18H27N3O4/c1-19-18(23)15-6-4-5-10-21(15)11-9-17(22)20-14-12-13(24-2)7-8-16(14)25-3/h7-8,12,15H,4-6,9-11H2,1-3H3,(H,19,23)(H,20,22)/t15-/m1/s1. The first-order chi connectivity index (χ1) is 12.1. The van der Waals surface area contributed by atoms with Crippen LogP contribution < -0.4 is 20.1 Å². The Morgan fingerprint density at radius 2 is 2.04 bits per heavy atom. The summed E-state index contributed by atoms with van der Waals surface area (Å²) in [7, 11) is 4.78. The summed E-state index contributed by atoms with van der Waals surface area (Å²) in [4.78, 5) is 26.4. The maximum Gasteiger partial charge on any atom is 0.237 e. The van der Waals surface area contributed by atoms with Gasteiger partial charge in [-0.15, -0.1) is 0 Å². The Kier molecular flexibility index (Phi) is 7.06. The second kappa shape index (κ2) is 9.27. The molecule has 7 heteroatoms. The number of nitrogens with zero attached hydrogens (tertiary/aromatic N) is 1. The van der Waals surface area contributed by atoms with Crippen LogP contribution in [0.2, 0.25) is 0 Å². The summed E-state index contributed by atoms with van der Waals surface area (Å²) in [5.74, 6) is 1.13. The molecule has 138 valence electrons. The lowest BCUT2D eigenvalue weighted by Gasteiger charge is -2.34. The molecule has 0 spiro atoms. The molecule has 1 saturated heterocycles. The van der Waals surface area contributed by atoms with Crippen molar-refractivity contribution in [3.05, 3.63) is 18.2 Å². The van der Waals surface area contributed by atoms with Crippen LogP contribution in [0.4, 0.5) is 5.69 Å². The third-order valence-corrected chi connectivity index (χ3v) is 4.47. The van der Waals surface area contributed by atoms with Gasteiger partial charge in [0, 0.05) is 26.1 Å². The third-order valence-electron chi connectivity index (χ3n) is 4.47. The molecule has 1 heterocycles. The normalized spacial score (nSPS) is 17.6. The fraction of sp³-hybridized carbons (Fsp3) is 0.556. The monoisotopic (exact) mass is 349 g/mol. The molecule has 2 N–H and O–H groups in total. The number of anilines is 1. The van der Waals surface area contributed by atoms with E-state index in [0.717, 1.165) is 25.8 Å². The van der Waals surface area contributed by atoms with Gasteiger partial charge < -0.3 is 20.1 Å². The van der Waals surface area contributed by atoms with Crippen molar-refractivity contribution < 1.29 is 19.1 Å². The van der Waals surface area contributed by atoms with Crippen molar-refractivity contribution >= 4 is 17.5 Å². The maximum atomic E-state index is 12.3. The molecule has 0 bridgehead atoms. The molecule has 1 aromatic carbocycles. The number of ether oxygens (including phenoxy) is 2. The summed E-state index contributed by atoms with van der Waals surface area (Å²) >= 11 is 0. The number of methoxy groups -OCH3 is 2. The number of likely N-dealkylation sites (N-methyl/N-ethyl adjacent to an activating group) is 1. The van der Waals surface area contributed by atoms with E-state index < -0.39 is 0 Å². The van der Waals surface area contributed by atoms with Crippen LogP contribution in [0, 0.1) is 0 Å². The zero-order chi connectivity index (χ0) is 18.2. The number of benzene rings is 1. The van der Waals surface area contributed by atoms with E-state index in [4.69, 9.17) is 9.47 Å². The van der Waals surface area contributed by atoms with Gasteiger partial charge in [-0.2, -0.15) is 0 Å². The largest absolute Gasteiger partial charge is 0.497 e. The number of rotatable bonds is 7. The van der Waals surface area contributed by atoms with Crippen LogP contribution in [-0.4, -0.2) is 57.1 Å². The molecule has 25 heavy (non-hydrogen) atoms. The summed E-state index contributed by atoms with van der Waals surface area (Å²) < 4.78 is 10.5. The van der Waals surface area contributed by atoms with E-state index in [9.17, 15) is 9.59 Å². The van der Waals surface area contributed by atoms with Crippen LogP contribution in [0.15, 0.2) is 18.2 Å². The molecule has 0 aliphatic carbocycles. The number of piperidine rings is 1. The minimum absolute atomic E-state index is 0.0228. The summed E-state index contributed by atoms with van der Waals surface area (Å²) in [6, 6.07) is 5.11. The lowest BCUT2D eigenvalue weighted by atomic mass is 10.0. The van der Waals surface area contributed by atoms with Gasteiger partial charge in [0.05, 0.1) is 25.9 Å². The van der Waals surface area contributed by atoms with Gasteiger partial charge in [0.1, 0.15) is 11.5 Å². The van der Waals surface area contributed by atoms with Gasteiger partial charge in [-0.05, 0) is 31.5 Å². The van der Waals surface area contributed by atoms with E-state index >= 15 is 0 Å². The minimum atomic E-state index is -0.141. The maximum absolute atomic E-state index is 12.3. The predicted molar refractivity (Wildman–Crippen MR) is 96.1 cm³/mol. The van der Waals surface area contributed by atoms with Crippen LogP contribution in [0.1, 0.15) is 25.7 Å². The van der Waals surface area contributed by atoms with Crippen molar-refractivity contribution in [2.45, 2.75) is 31.7 Å². The zero-order valence-electron chi connectivity index (χ0n) is 15.1. The highest BCUT2D eigenvalue weighted by Gasteiger charge is 2.28. The highest BCUT2D eigenvalue weighted by atomic mass is 16.5. The van der Waals surface area contributed by atoms with Gasteiger partial charge in [-0.3, -0.25) is 14.5 Å². The quantitative estimate of drug-likeness (QED) is 0.782. The number of nitrogens with one attached hydrogen (secondary N) is 2. The van der Waals surface area contributed by atoms with Crippen LogP contribution in [-0.2, 0) is 9.59 Å². The predicted octanol–water partition coefficient (Wildman–Crippen LogP) is 1.63. The van der Waals surface area contributed by atoms with Crippen molar-refractivity contribution in [2.75, 3.05) is 39.7 Å². The fourth-order valence-corrected chi connectivity index (χ4v) is 3.09. The smallest absolute Gasteiger partial charge is 0.237 e. The van der Waals surface area contributed by atoms with Gasteiger partial charge in [0.25, 0.3) is 0 Å². The van der Waals surface area contributed by atoms with Gasteiger partial charge in [-0.1, -0.05) is 6.42 Å². The first-order valence-electron chi connectivity index (χ1n) is 8.56. The van der Waals surface area contributed by atoms with E-state index in [2.05, 4.69) is 15.5 Å². The van der Waals surface area contributed by atoms with Crippen molar-refractivity contribution in [1.29, 1.82) is 0 Å². The molecule has 1 aromatic rings. The Balaban J connectivity index is 1.95. The molecule has 1 aliphatic rings. The molecule has 2 amide bonds. The average molecular weight is 349 g/mol.